The van der Waals surface area contributed by atoms with E-state index in [2.05, 4.69) is 50.7 Å². The predicted molar refractivity (Wildman–Crippen MR) is 127 cm³/mol. The van der Waals surface area contributed by atoms with Crippen LogP contribution in [0.5, 0.6) is 0 Å². The molecule has 2 aliphatic heterocycles. The molecule has 1 amide bonds. The van der Waals surface area contributed by atoms with E-state index in [1.807, 2.05) is 0 Å². The third-order valence-electron chi connectivity index (χ3n) is 7.16. The summed E-state index contributed by atoms with van der Waals surface area (Å²) in [5.41, 5.74) is -1.78. The molecule has 0 radical (unpaired) electrons. The van der Waals surface area contributed by atoms with Crippen LogP contribution in [-0.2, 0) is 34.2 Å². The molecule has 5 rings (SSSR count). The van der Waals surface area contributed by atoms with Crippen LogP contribution >= 0.6 is 0 Å². The molecule has 3 heterocycles. The van der Waals surface area contributed by atoms with E-state index in [4.69, 9.17) is 0 Å². The van der Waals surface area contributed by atoms with Crippen molar-refractivity contribution in [2.24, 2.45) is 0 Å². The monoisotopic (exact) mass is 539 g/mol. The van der Waals surface area contributed by atoms with Crippen molar-refractivity contribution in [3.8, 4) is 0 Å². The maximum Gasteiger partial charge on any atom is 0.516 e. The van der Waals surface area contributed by atoms with Crippen molar-refractivity contribution in [3.05, 3.63) is 59.2 Å². The van der Waals surface area contributed by atoms with Gasteiger partial charge >= 0.3 is 15.5 Å². The van der Waals surface area contributed by atoms with E-state index in [0.717, 1.165) is 57.3 Å². The molecule has 1 aromatic carbocycles. The number of aryl methyl sites for hydroxylation is 1. The fourth-order valence-electron chi connectivity index (χ4n) is 5.08. The van der Waals surface area contributed by atoms with Crippen LogP contribution in [0.2, 0.25) is 0 Å². The average Bonchev–Trinajstić information content (AvgIpc) is 3.47. The Hall–Kier alpha value is -2.97. The highest BCUT2D eigenvalue weighted by Crippen LogP contribution is 2.35. The summed E-state index contributed by atoms with van der Waals surface area (Å²) in [6.07, 6.45) is 4.45. The molecule has 2 unspecified atom stereocenters. The highest BCUT2D eigenvalue weighted by atomic mass is 32.2. The van der Waals surface area contributed by atoms with Crippen molar-refractivity contribution >= 4 is 15.9 Å². The number of hydrogen-bond donors (Lipinski definition) is 1. The number of alkyl halides is 3. The van der Waals surface area contributed by atoms with E-state index < -0.39 is 27.5 Å². The van der Waals surface area contributed by atoms with Crippen molar-refractivity contribution in [1.29, 1.82) is 0 Å². The molecule has 0 spiro atoms. The smallest absolute Gasteiger partial charge is 0.329 e. The Labute approximate surface area is 212 Å². The van der Waals surface area contributed by atoms with E-state index >= 15 is 0 Å². The summed E-state index contributed by atoms with van der Waals surface area (Å²) in [6.45, 7) is 4.94. The molecule has 0 bridgehead atoms. The molecular formula is C23H28F3N7O3S. The number of carbonyl (C=O) groups excluding carboxylic acids is 1. The van der Waals surface area contributed by atoms with Gasteiger partial charge in [-0.2, -0.15) is 21.6 Å². The van der Waals surface area contributed by atoms with Crippen molar-refractivity contribution in [1.82, 2.24) is 34.4 Å². The maximum atomic E-state index is 13.2. The number of halogens is 3. The topological polar surface area (TPSA) is 104 Å². The standard InChI is InChI=1S/C23H28F3N7O3S/c1-30-8-10-31(11-9-30)14-16-2-3-17-4-5-20(19(17)12-16)32-15-18(28-29-32)13-21-22(34)27-6-7-33(21)37(35,36)23(24,25)26/h2-3,6-7,12,15,20-21H,4-5,8-11,13-14H2,1H3,(H,27,34). The van der Waals surface area contributed by atoms with Gasteiger partial charge in [-0.25, -0.2) is 4.68 Å². The summed E-state index contributed by atoms with van der Waals surface area (Å²) in [7, 11) is -3.63. The molecule has 10 nitrogen and oxygen atoms in total. The Balaban J connectivity index is 1.33. The van der Waals surface area contributed by atoms with Crippen molar-refractivity contribution in [2.75, 3.05) is 33.2 Å². The van der Waals surface area contributed by atoms with Gasteiger partial charge in [0.2, 0.25) is 5.91 Å². The number of sulfonamides is 1. The third-order valence-corrected chi connectivity index (χ3v) is 8.68. The Bertz CT molecular complexity index is 1300. The zero-order chi connectivity index (χ0) is 26.4. The summed E-state index contributed by atoms with van der Waals surface area (Å²) in [6, 6.07) is 4.74. The van der Waals surface area contributed by atoms with Crippen LogP contribution in [0.4, 0.5) is 13.2 Å². The number of amides is 1. The first-order chi connectivity index (χ1) is 17.5. The Morgan fingerprint density at radius 1 is 1.16 bits per heavy atom. The van der Waals surface area contributed by atoms with E-state index in [1.165, 1.54) is 11.1 Å². The normalized spacial score (nSPS) is 23.4. The molecule has 1 aromatic heterocycles. The molecule has 1 aliphatic carbocycles. The molecular weight excluding hydrogens is 511 g/mol. The van der Waals surface area contributed by atoms with Crippen LogP contribution in [0, 0.1) is 0 Å². The second kappa shape index (κ2) is 9.72. The van der Waals surface area contributed by atoms with Crippen LogP contribution in [0.3, 0.4) is 0 Å². The lowest BCUT2D eigenvalue weighted by Gasteiger charge is -2.32. The number of nitrogens with one attached hydrogen (secondary N) is 1. The summed E-state index contributed by atoms with van der Waals surface area (Å²) in [5.74, 6) is -0.871. The minimum Gasteiger partial charge on any atom is -0.329 e. The lowest BCUT2D eigenvalue weighted by Crippen LogP contribution is -2.53. The number of carbonyl (C=O) groups is 1. The van der Waals surface area contributed by atoms with Crippen molar-refractivity contribution in [3.63, 3.8) is 0 Å². The predicted octanol–water partition coefficient (Wildman–Crippen LogP) is 1.22. The molecule has 1 fully saturated rings. The van der Waals surface area contributed by atoms with Crippen molar-refractivity contribution < 1.29 is 26.4 Å². The molecule has 3 aliphatic rings. The van der Waals surface area contributed by atoms with Crippen LogP contribution in [0.25, 0.3) is 0 Å². The lowest BCUT2D eigenvalue weighted by molar-refractivity contribution is -0.124. The second-order valence-electron chi connectivity index (χ2n) is 9.68. The van der Waals surface area contributed by atoms with Gasteiger partial charge in [0, 0.05) is 57.7 Å². The fourth-order valence-corrected chi connectivity index (χ4v) is 6.05. The molecule has 2 atom stereocenters. The third kappa shape index (κ3) is 5.09. The number of piperazine rings is 1. The number of aromatic nitrogens is 3. The first-order valence-corrected chi connectivity index (χ1v) is 13.5. The van der Waals surface area contributed by atoms with Gasteiger partial charge in [-0.05, 0) is 36.6 Å². The highest BCUT2D eigenvalue weighted by Gasteiger charge is 2.53. The number of benzene rings is 1. The van der Waals surface area contributed by atoms with Gasteiger partial charge in [0.05, 0.1) is 11.7 Å². The van der Waals surface area contributed by atoms with Gasteiger partial charge in [0.25, 0.3) is 0 Å². The zero-order valence-electron chi connectivity index (χ0n) is 20.2. The number of hydrogen-bond acceptors (Lipinski definition) is 7. The number of fused-ring (bicyclic) bond motifs is 1. The highest BCUT2D eigenvalue weighted by molar-refractivity contribution is 7.90. The fraction of sp³-hybridized carbons (Fsp3) is 0.522. The van der Waals surface area contributed by atoms with Crippen molar-refractivity contribution in [2.45, 2.75) is 43.4 Å². The Kier molecular flexibility index (Phi) is 6.75. The minimum atomic E-state index is -5.75. The number of likely N-dealkylation sites (N-methyl/N-ethyl adjacent to an activating group) is 1. The number of rotatable bonds is 6. The second-order valence-corrected chi connectivity index (χ2v) is 11.5. The van der Waals surface area contributed by atoms with Gasteiger partial charge in [0.1, 0.15) is 6.04 Å². The van der Waals surface area contributed by atoms with Gasteiger partial charge in [0.15, 0.2) is 0 Å². The summed E-state index contributed by atoms with van der Waals surface area (Å²) in [4.78, 5) is 17.1. The summed E-state index contributed by atoms with van der Waals surface area (Å²) in [5, 5.41) is 10.5. The molecule has 37 heavy (non-hydrogen) atoms. The molecule has 14 heteroatoms. The van der Waals surface area contributed by atoms with E-state index in [1.54, 1.807) is 10.9 Å². The van der Waals surface area contributed by atoms with Gasteiger partial charge < -0.3 is 10.2 Å². The molecule has 0 saturated carbocycles. The zero-order valence-corrected chi connectivity index (χ0v) is 21.0. The van der Waals surface area contributed by atoms with Crippen LogP contribution in [0.1, 0.15) is 34.8 Å². The molecule has 200 valence electrons. The molecule has 1 saturated heterocycles. The summed E-state index contributed by atoms with van der Waals surface area (Å²) >= 11 is 0. The van der Waals surface area contributed by atoms with Gasteiger partial charge in [-0.3, -0.25) is 14.0 Å². The van der Waals surface area contributed by atoms with Gasteiger partial charge in [-0.1, -0.05) is 23.4 Å². The minimum absolute atomic E-state index is 0.0420. The quantitative estimate of drug-likeness (QED) is 0.589. The van der Waals surface area contributed by atoms with Crippen LogP contribution in [-0.4, -0.2) is 88.2 Å². The summed E-state index contributed by atoms with van der Waals surface area (Å²) < 4.78 is 65.2. The molecule has 1 N–H and O–H groups in total. The Morgan fingerprint density at radius 3 is 2.65 bits per heavy atom. The number of nitrogens with zero attached hydrogens (tertiary/aromatic N) is 6. The Morgan fingerprint density at radius 2 is 1.92 bits per heavy atom. The first kappa shape index (κ1) is 25.7. The SMILES string of the molecule is CN1CCN(Cc2ccc3c(c2)C(n2cc(CC4C(=O)NC=CN4S(=O)(=O)C(F)(F)F)nn2)CC3)CC1. The van der Waals surface area contributed by atoms with E-state index in [-0.39, 0.29) is 22.5 Å². The van der Waals surface area contributed by atoms with E-state index in [9.17, 15) is 26.4 Å². The van der Waals surface area contributed by atoms with Crippen LogP contribution in [0.15, 0.2) is 36.8 Å². The average molecular weight is 540 g/mol. The first-order valence-electron chi connectivity index (χ1n) is 12.0. The van der Waals surface area contributed by atoms with Crippen LogP contribution < -0.4 is 5.32 Å². The lowest BCUT2D eigenvalue weighted by atomic mass is 10.0. The largest absolute Gasteiger partial charge is 0.516 e. The van der Waals surface area contributed by atoms with Gasteiger partial charge in [-0.15, -0.1) is 5.10 Å². The maximum absolute atomic E-state index is 13.2. The molecule has 2 aromatic rings. The van der Waals surface area contributed by atoms with E-state index in [0.29, 0.717) is 6.20 Å².